The van der Waals surface area contributed by atoms with Crippen molar-refractivity contribution >= 4 is 22.4 Å². The zero-order valence-electron chi connectivity index (χ0n) is 19.8. The Labute approximate surface area is 191 Å². The van der Waals surface area contributed by atoms with Crippen molar-refractivity contribution in [2.24, 2.45) is 0 Å². The number of carbonyl (C=O) groups is 1. The normalized spacial score (nSPS) is 13.5. The number of amides is 1. The van der Waals surface area contributed by atoms with Crippen LogP contribution in [-0.2, 0) is 4.79 Å². The van der Waals surface area contributed by atoms with Gasteiger partial charge < -0.3 is 10.4 Å². The first-order valence-electron chi connectivity index (χ1n) is 11.2. The molecule has 0 spiro atoms. The summed E-state index contributed by atoms with van der Waals surface area (Å²) in [4.78, 5) is 16.7. The summed E-state index contributed by atoms with van der Waals surface area (Å²) in [6.07, 6.45) is -0.515. The zero-order chi connectivity index (χ0) is 23.3. The Bertz CT molecular complexity index is 1040. The van der Waals surface area contributed by atoms with Crippen LogP contribution >= 0.6 is 0 Å². The average molecular weight is 434 g/mol. The van der Waals surface area contributed by atoms with Gasteiger partial charge >= 0.3 is 0 Å². The predicted molar refractivity (Wildman–Crippen MR) is 133 cm³/mol. The van der Waals surface area contributed by atoms with Gasteiger partial charge in [0, 0.05) is 18.8 Å². The molecule has 0 aliphatic rings. The number of para-hydroxylation sites is 1. The molecule has 2 N–H and O–H groups in total. The van der Waals surface area contributed by atoms with Crippen molar-refractivity contribution in [1.29, 1.82) is 0 Å². The second-order valence-corrected chi connectivity index (χ2v) is 8.83. The second-order valence-electron chi connectivity index (χ2n) is 8.83. The molecule has 5 nitrogen and oxygen atoms in total. The third-order valence-corrected chi connectivity index (χ3v) is 6.04. The number of fused-ring (bicyclic) bond motifs is 1. The molecule has 0 saturated carbocycles. The molecule has 2 atom stereocenters. The molecule has 0 aliphatic heterocycles. The molecule has 3 aromatic carbocycles. The average Bonchev–Trinajstić information content (AvgIpc) is 2.75. The Morgan fingerprint density at radius 3 is 2.25 bits per heavy atom. The van der Waals surface area contributed by atoms with Gasteiger partial charge in [0.15, 0.2) is 0 Å². The van der Waals surface area contributed by atoms with Gasteiger partial charge in [0.05, 0.1) is 18.7 Å². The Kier molecular flexibility index (Phi) is 8.02. The van der Waals surface area contributed by atoms with E-state index in [4.69, 9.17) is 0 Å². The van der Waals surface area contributed by atoms with Crippen LogP contribution in [0.5, 0.6) is 0 Å². The van der Waals surface area contributed by atoms with E-state index in [9.17, 15) is 9.90 Å². The van der Waals surface area contributed by atoms with E-state index in [1.807, 2.05) is 70.1 Å². The maximum absolute atomic E-state index is 12.6. The summed E-state index contributed by atoms with van der Waals surface area (Å²) in [5.74, 6) is -0.0193. The topological polar surface area (TPSA) is 55.8 Å². The molecular formula is C27H35N3O2. The number of carbonyl (C=O) groups excluding carboxylic acids is 1. The first-order valence-corrected chi connectivity index (χ1v) is 11.2. The Balaban J connectivity index is 1.59. The molecule has 3 aromatic rings. The van der Waals surface area contributed by atoms with E-state index < -0.39 is 6.10 Å². The number of aliphatic hydroxyl groups excluding tert-OH is 1. The highest BCUT2D eigenvalue weighted by molar-refractivity contribution is 5.93. The molecule has 0 aliphatic carbocycles. The van der Waals surface area contributed by atoms with Crippen molar-refractivity contribution in [3.05, 3.63) is 77.4 Å². The lowest BCUT2D eigenvalue weighted by atomic mass is 9.97. The van der Waals surface area contributed by atoms with Crippen LogP contribution in [0.3, 0.4) is 0 Å². The van der Waals surface area contributed by atoms with Gasteiger partial charge in [0.2, 0.25) is 5.91 Å². The van der Waals surface area contributed by atoms with Gasteiger partial charge in [-0.2, -0.15) is 0 Å². The predicted octanol–water partition coefficient (Wildman–Crippen LogP) is 4.38. The Morgan fingerprint density at radius 2 is 1.59 bits per heavy atom. The molecule has 0 heterocycles. The first-order chi connectivity index (χ1) is 15.3. The van der Waals surface area contributed by atoms with Gasteiger partial charge in [-0.1, -0.05) is 54.6 Å². The van der Waals surface area contributed by atoms with E-state index in [1.165, 1.54) is 10.8 Å². The van der Waals surface area contributed by atoms with Crippen molar-refractivity contribution in [3.63, 3.8) is 0 Å². The van der Waals surface area contributed by atoms with Crippen molar-refractivity contribution in [1.82, 2.24) is 9.80 Å². The molecule has 3 rings (SSSR count). The minimum absolute atomic E-state index is 0.0193. The largest absolute Gasteiger partial charge is 0.391 e. The Hall–Kier alpha value is -2.73. The lowest BCUT2D eigenvalue weighted by Gasteiger charge is -2.32. The highest BCUT2D eigenvalue weighted by Crippen LogP contribution is 2.27. The van der Waals surface area contributed by atoms with Crippen molar-refractivity contribution < 1.29 is 9.90 Å². The lowest BCUT2D eigenvalue weighted by Crippen LogP contribution is -2.39. The van der Waals surface area contributed by atoms with Crippen LogP contribution in [0.1, 0.15) is 29.7 Å². The van der Waals surface area contributed by atoms with Crippen LogP contribution in [0.4, 0.5) is 5.69 Å². The quantitative estimate of drug-likeness (QED) is 0.526. The van der Waals surface area contributed by atoms with Gasteiger partial charge in [-0.25, -0.2) is 0 Å². The van der Waals surface area contributed by atoms with E-state index >= 15 is 0 Å². The Morgan fingerprint density at radius 1 is 0.938 bits per heavy atom. The molecule has 0 saturated heterocycles. The standard InChI is InChI=1S/C27H35N3O2/c1-19-9-8-10-20(2)26(19)28-25(32)18-29(4)15-16-30(5)27(21(3)31)24-14-13-22-11-6-7-12-23(22)17-24/h6-14,17,21,27,31H,15-16,18H2,1-5H3,(H,28,32). The van der Waals surface area contributed by atoms with Crippen LogP contribution in [0, 0.1) is 13.8 Å². The summed E-state index contributed by atoms with van der Waals surface area (Å²) >= 11 is 0. The number of rotatable bonds is 9. The number of hydrogen-bond acceptors (Lipinski definition) is 4. The molecule has 0 aromatic heterocycles. The molecule has 0 bridgehead atoms. The minimum atomic E-state index is -0.515. The van der Waals surface area contributed by atoms with Gasteiger partial charge in [-0.05, 0) is 68.4 Å². The molecule has 0 radical (unpaired) electrons. The number of nitrogens with one attached hydrogen (secondary N) is 1. The van der Waals surface area contributed by atoms with Crippen LogP contribution in [0.2, 0.25) is 0 Å². The van der Waals surface area contributed by atoms with Crippen molar-refractivity contribution in [2.45, 2.75) is 32.9 Å². The number of nitrogens with zero attached hydrogens (tertiary/aromatic N) is 2. The van der Waals surface area contributed by atoms with Crippen LogP contribution in [0.25, 0.3) is 10.8 Å². The van der Waals surface area contributed by atoms with Crippen LogP contribution < -0.4 is 5.32 Å². The smallest absolute Gasteiger partial charge is 0.238 e. The summed E-state index contributed by atoms with van der Waals surface area (Å²) in [6, 6.07) is 20.5. The van der Waals surface area contributed by atoms with E-state index in [0.29, 0.717) is 13.1 Å². The van der Waals surface area contributed by atoms with Crippen molar-refractivity contribution in [2.75, 3.05) is 39.0 Å². The highest BCUT2D eigenvalue weighted by atomic mass is 16.3. The number of hydrogen-bond donors (Lipinski definition) is 2. The molecule has 0 fully saturated rings. The highest BCUT2D eigenvalue weighted by Gasteiger charge is 2.23. The third-order valence-electron chi connectivity index (χ3n) is 6.04. The molecular weight excluding hydrogens is 398 g/mol. The number of aryl methyl sites for hydroxylation is 2. The molecule has 5 heteroatoms. The fourth-order valence-electron chi connectivity index (χ4n) is 4.28. The summed E-state index contributed by atoms with van der Waals surface area (Å²) in [5, 5.41) is 15.9. The fourth-order valence-corrected chi connectivity index (χ4v) is 4.28. The number of aliphatic hydroxyl groups is 1. The summed E-state index contributed by atoms with van der Waals surface area (Å²) < 4.78 is 0. The summed E-state index contributed by atoms with van der Waals surface area (Å²) in [7, 11) is 3.97. The van der Waals surface area contributed by atoms with E-state index in [-0.39, 0.29) is 11.9 Å². The number of likely N-dealkylation sites (N-methyl/N-ethyl adjacent to an activating group) is 2. The second kappa shape index (κ2) is 10.7. The summed E-state index contributed by atoms with van der Waals surface area (Å²) in [5.41, 5.74) is 4.12. The number of anilines is 1. The minimum Gasteiger partial charge on any atom is -0.391 e. The van der Waals surface area contributed by atoms with Gasteiger partial charge in [-0.15, -0.1) is 0 Å². The SMILES string of the molecule is Cc1cccc(C)c1NC(=O)CN(C)CCN(C)C(c1ccc2ccccc2c1)C(C)O. The first kappa shape index (κ1) is 23.9. The molecule has 2 unspecified atom stereocenters. The third kappa shape index (κ3) is 5.94. The van der Waals surface area contributed by atoms with E-state index in [1.54, 1.807) is 0 Å². The molecule has 170 valence electrons. The maximum Gasteiger partial charge on any atom is 0.238 e. The van der Waals surface area contributed by atoms with Gasteiger partial charge in [0.1, 0.15) is 0 Å². The van der Waals surface area contributed by atoms with E-state index in [0.717, 1.165) is 28.9 Å². The lowest BCUT2D eigenvalue weighted by molar-refractivity contribution is -0.117. The van der Waals surface area contributed by atoms with Crippen LogP contribution in [0.15, 0.2) is 60.7 Å². The molecule has 1 amide bonds. The van der Waals surface area contributed by atoms with Crippen molar-refractivity contribution in [3.8, 4) is 0 Å². The number of benzene rings is 3. The summed E-state index contributed by atoms with van der Waals surface area (Å²) in [6.45, 7) is 7.60. The van der Waals surface area contributed by atoms with Gasteiger partial charge in [0.25, 0.3) is 0 Å². The van der Waals surface area contributed by atoms with E-state index in [2.05, 4.69) is 40.5 Å². The monoisotopic (exact) mass is 433 g/mol. The maximum atomic E-state index is 12.6. The fraction of sp³-hybridized carbons (Fsp3) is 0.370. The zero-order valence-corrected chi connectivity index (χ0v) is 19.8. The van der Waals surface area contributed by atoms with Gasteiger partial charge in [-0.3, -0.25) is 14.6 Å². The molecule has 32 heavy (non-hydrogen) atoms. The van der Waals surface area contributed by atoms with Crippen LogP contribution in [-0.4, -0.2) is 60.6 Å².